The van der Waals surface area contributed by atoms with E-state index in [1.165, 1.54) is 24.3 Å². The van der Waals surface area contributed by atoms with E-state index in [4.69, 9.17) is 12.2 Å². The number of thiocarbonyl (C=S) groups is 1. The molecule has 2 amide bonds. The van der Waals surface area contributed by atoms with E-state index in [2.05, 4.69) is 5.32 Å². The average molecular weight is 370 g/mol. The van der Waals surface area contributed by atoms with Crippen molar-refractivity contribution in [1.29, 1.82) is 0 Å². The van der Waals surface area contributed by atoms with E-state index in [1.807, 2.05) is 0 Å². The molecule has 1 saturated heterocycles. The van der Waals surface area contributed by atoms with Crippen molar-refractivity contribution in [2.24, 2.45) is 0 Å². The maximum absolute atomic E-state index is 14.1. The summed E-state index contributed by atoms with van der Waals surface area (Å²) in [6, 6.07) is 8.97. The van der Waals surface area contributed by atoms with Crippen molar-refractivity contribution < 1.29 is 19.1 Å². The number of phenols is 1. The smallest absolute Gasteiger partial charge is 0.270 e. The van der Waals surface area contributed by atoms with Gasteiger partial charge in [-0.3, -0.25) is 14.9 Å². The molecule has 1 heterocycles. The first-order chi connectivity index (χ1) is 12.3. The zero-order valence-electron chi connectivity index (χ0n) is 14.0. The zero-order chi connectivity index (χ0) is 19.0. The number of carbonyl (C=O) groups excluding carboxylic acids is 2. The van der Waals surface area contributed by atoms with Crippen LogP contribution < -0.4 is 10.2 Å². The minimum Gasteiger partial charge on any atom is -0.507 e. The Labute approximate surface area is 154 Å². The fourth-order valence-electron chi connectivity index (χ4n) is 2.75. The maximum Gasteiger partial charge on any atom is 0.270 e. The van der Waals surface area contributed by atoms with Gasteiger partial charge in [0.1, 0.15) is 17.1 Å². The minimum absolute atomic E-state index is 0.0357. The van der Waals surface area contributed by atoms with E-state index in [0.717, 1.165) is 4.90 Å². The summed E-state index contributed by atoms with van der Waals surface area (Å²) in [5, 5.41) is 12.1. The average Bonchev–Trinajstić information content (AvgIpc) is 2.58. The number of benzene rings is 2. The molecule has 0 bridgehead atoms. The van der Waals surface area contributed by atoms with E-state index in [1.54, 1.807) is 32.0 Å². The summed E-state index contributed by atoms with van der Waals surface area (Å²) < 4.78 is 14.1. The van der Waals surface area contributed by atoms with Gasteiger partial charge in [0.15, 0.2) is 5.11 Å². The van der Waals surface area contributed by atoms with E-state index in [-0.39, 0.29) is 22.1 Å². The van der Waals surface area contributed by atoms with Crippen LogP contribution >= 0.6 is 12.2 Å². The molecule has 5 nitrogen and oxygen atoms in total. The quantitative estimate of drug-likeness (QED) is 0.484. The number of para-hydroxylation sites is 1. The number of amides is 2. The highest BCUT2D eigenvalue weighted by atomic mass is 32.1. The molecule has 1 aliphatic rings. The van der Waals surface area contributed by atoms with Crippen molar-refractivity contribution >= 4 is 40.9 Å². The first kappa shape index (κ1) is 17.8. The van der Waals surface area contributed by atoms with E-state index < -0.39 is 17.6 Å². The Morgan fingerprint density at radius 1 is 1.15 bits per heavy atom. The van der Waals surface area contributed by atoms with Crippen LogP contribution in [-0.2, 0) is 9.59 Å². The molecule has 132 valence electrons. The van der Waals surface area contributed by atoms with Crippen LogP contribution in [0.3, 0.4) is 0 Å². The second-order valence-electron chi connectivity index (χ2n) is 5.91. The monoisotopic (exact) mass is 370 g/mol. The zero-order valence-corrected chi connectivity index (χ0v) is 14.9. The van der Waals surface area contributed by atoms with Gasteiger partial charge in [-0.05, 0) is 73.1 Å². The standard InChI is InChI=1S/C19H15FN2O3S/c1-10-7-12(8-11(2)16(10)23)9-13-17(24)21-19(26)22(18(13)25)15-6-4-3-5-14(15)20/h3-9,23H,1-2H3,(H,21,24,26). The van der Waals surface area contributed by atoms with Crippen molar-refractivity contribution in [2.45, 2.75) is 13.8 Å². The number of aryl methyl sites for hydroxylation is 2. The molecule has 3 rings (SSSR count). The number of anilines is 1. The van der Waals surface area contributed by atoms with Crippen LogP contribution in [0, 0.1) is 19.7 Å². The fraction of sp³-hybridized carbons (Fsp3) is 0.105. The van der Waals surface area contributed by atoms with Gasteiger partial charge in [-0.25, -0.2) is 9.29 Å². The normalized spacial score (nSPS) is 16.2. The lowest BCUT2D eigenvalue weighted by Crippen LogP contribution is -2.54. The van der Waals surface area contributed by atoms with Crippen molar-refractivity contribution in [3.8, 4) is 5.75 Å². The molecule has 0 unspecified atom stereocenters. The minimum atomic E-state index is -0.716. The summed E-state index contributed by atoms with van der Waals surface area (Å²) in [6.45, 7) is 3.43. The molecule has 0 atom stereocenters. The number of rotatable bonds is 2. The Balaban J connectivity index is 2.07. The van der Waals surface area contributed by atoms with E-state index in [9.17, 15) is 19.1 Å². The fourth-order valence-corrected chi connectivity index (χ4v) is 3.02. The van der Waals surface area contributed by atoms with Crippen LogP contribution in [0.25, 0.3) is 6.08 Å². The third-order valence-electron chi connectivity index (χ3n) is 4.02. The van der Waals surface area contributed by atoms with Crippen LogP contribution in [-0.4, -0.2) is 22.0 Å². The molecule has 0 saturated carbocycles. The van der Waals surface area contributed by atoms with Crippen LogP contribution in [0.2, 0.25) is 0 Å². The van der Waals surface area contributed by atoms with Crippen molar-refractivity contribution in [3.63, 3.8) is 0 Å². The van der Waals surface area contributed by atoms with Gasteiger partial charge < -0.3 is 5.11 Å². The lowest BCUT2D eigenvalue weighted by atomic mass is 10.0. The van der Waals surface area contributed by atoms with E-state index >= 15 is 0 Å². The number of hydrogen-bond donors (Lipinski definition) is 2. The van der Waals surface area contributed by atoms with Crippen LogP contribution in [0.15, 0.2) is 42.0 Å². The Kier molecular flexibility index (Phi) is 4.56. The molecule has 2 aromatic rings. The highest BCUT2D eigenvalue weighted by Crippen LogP contribution is 2.27. The number of phenolic OH excluding ortho intramolecular Hbond substituents is 1. The predicted octanol–water partition coefficient (Wildman–Crippen LogP) is 2.98. The number of nitrogens with one attached hydrogen (secondary N) is 1. The van der Waals surface area contributed by atoms with Gasteiger partial charge in [-0.15, -0.1) is 0 Å². The largest absolute Gasteiger partial charge is 0.507 e. The molecule has 0 aliphatic carbocycles. The van der Waals surface area contributed by atoms with Crippen molar-refractivity contribution in [3.05, 3.63) is 64.5 Å². The van der Waals surface area contributed by atoms with Crippen LogP contribution in [0.1, 0.15) is 16.7 Å². The van der Waals surface area contributed by atoms with Gasteiger partial charge >= 0.3 is 0 Å². The Morgan fingerprint density at radius 3 is 2.38 bits per heavy atom. The number of nitrogens with zero attached hydrogens (tertiary/aromatic N) is 1. The van der Waals surface area contributed by atoms with Crippen LogP contribution in [0.4, 0.5) is 10.1 Å². The summed E-state index contributed by atoms with van der Waals surface area (Å²) >= 11 is 5.05. The SMILES string of the molecule is Cc1cc(C=C2C(=O)NC(=S)N(c3ccccc3F)C2=O)cc(C)c1O. The first-order valence-corrected chi connectivity index (χ1v) is 8.16. The summed E-state index contributed by atoms with van der Waals surface area (Å²) in [7, 11) is 0. The second-order valence-corrected chi connectivity index (χ2v) is 6.30. The number of carbonyl (C=O) groups is 2. The van der Waals surface area contributed by atoms with Crippen molar-refractivity contribution in [2.75, 3.05) is 4.90 Å². The first-order valence-electron chi connectivity index (χ1n) is 7.76. The predicted molar refractivity (Wildman–Crippen MR) is 100 cm³/mol. The lowest BCUT2D eigenvalue weighted by Gasteiger charge is -2.29. The molecular formula is C19H15FN2O3S. The Bertz CT molecular complexity index is 961. The summed E-state index contributed by atoms with van der Waals surface area (Å²) in [6.07, 6.45) is 1.40. The number of aromatic hydroxyl groups is 1. The molecule has 0 radical (unpaired) electrons. The van der Waals surface area contributed by atoms with Crippen LogP contribution in [0.5, 0.6) is 5.75 Å². The topological polar surface area (TPSA) is 69.6 Å². The third kappa shape index (κ3) is 3.09. The molecule has 2 aromatic carbocycles. The molecule has 2 N–H and O–H groups in total. The highest BCUT2D eigenvalue weighted by Gasteiger charge is 2.35. The molecule has 1 aliphatic heterocycles. The number of halogens is 1. The molecule has 1 fully saturated rings. The van der Waals surface area contributed by atoms with E-state index in [0.29, 0.717) is 16.7 Å². The molecule has 7 heteroatoms. The summed E-state index contributed by atoms with van der Waals surface area (Å²) in [4.78, 5) is 26.1. The highest BCUT2D eigenvalue weighted by molar-refractivity contribution is 7.80. The third-order valence-corrected chi connectivity index (χ3v) is 4.30. The van der Waals surface area contributed by atoms with Crippen molar-refractivity contribution in [1.82, 2.24) is 5.32 Å². The van der Waals surface area contributed by atoms with Gasteiger partial charge in [0.25, 0.3) is 11.8 Å². The summed E-state index contributed by atoms with van der Waals surface area (Å²) in [5.41, 5.74) is 1.58. The molecule has 26 heavy (non-hydrogen) atoms. The molecular weight excluding hydrogens is 355 g/mol. The van der Waals surface area contributed by atoms with Gasteiger partial charge in [0.2, 0.25) is 0 Å². The summed E-state index contributed by atoms with van der Waals surface area (Å²) in [5.74, 6) is -1.85. The van der Waals surface area contributed by atoms with Gasteiger partial charge in [-0.2, -0.15) is 0 Å². The molecule has 0 spiro atoms. The Hall–Kier alpha value is -3.06. The number of hydrogen-bond acceptors (Lipinski definition) is 4. The van der Waals surface area contributed by atoms with Gasteiger partial charge in [0, 0.05) is 0 Å². The van der Waals surface area contributed by atoms with Gasteiger partial charge in [-0.1, -0.05) is 12.1 Å². The molecule has 0 aromatic heterocycles. The Morgan fingerprint density at radius 2 is 1.77 bits per heavy atom. The second kappa shape index (κ2) is 6.68. The lowest BCUT2D eigenvalue weighted by molar-refractivity contribution is -0.122. The van der Waals surface area contributed by atoms with Gasteiger partial charge in [0.05, 0.1) is 5.69 Å². The maximum atomic E-state index is 14.1.